The number of likely N-dealkylation sites (tertiary alicyclic amines) is 1. The highest BCUT2D eigenvalue weighted by Crippen LogP contribution is 2.56. The molecule has 1 unspecified atom stereocenters. The maximum Gasteiger partial charge on any atom is 0.228 e. The molecule has 1 aliphatic heterocycles. The van der Waals surface area contributed by atoms with Crippen LogP contribution in [0.5, 0.6) is 0 Å². The summed E-state index contributed by atoms with van der Waals surface area (Å²) in [7, 11) is 4.09. The van der Waals surface area contributed by atoms with E-state index in [1.165, 1.54) is 11.4 Å². The zero-order valence-corrected chi connectivity index (χ0v) is 15.7. The molecule has 6 nitrogen and oxygen atoms in total. The van der Waals surface area contributed by atoms with Gasteiger partial charge < -0.3 is 4.90 Å². The van der Waals surface area contributed by atoms with Crippen LogP contribution in [0.4, 0.5) is 0 Å². The molecule has 4 rings (SSSR count). The first kappa shape index (κ1) is 16.7. The molecule has 2 aliphatic rings. The van der Waals surface area contributed by atoms with Gasteiger partial charge in [-0.15, -0.1) is 11.3 Å². The third kappa shape index (κ3) is 3.48. The molecule has 2 fully saturated rings. The Kier molecular flexibility index (Phi) is 4.37. The first-order valence-electron chi connectivity index (χ1n) is 8.91. The molecular weight excluding hydrogens is 334 g/mol. The summed E-state index contributed by atoms with van der Waals surface area (Å²) in [4.78, 5) is 21.4. The molecule has 3 heterocycles. The van der Waals surface area contributed by atoms with Crippen molar-refractivity contribution in [2.45, 2.75) is 38.3 Å². The molecule has 1 saturated carbocycles. The summed E-state index contributed by atoms with van der Waals surface area (Å²) in [6, 6.07) is 2.57. The van der Waals surface area contributed by atoms with Crippen LogP contribution in [0.1, 0.15) is 30.0 Å². The highest BCUT2D eigenvalue weighted by Gasteiger charge is 2.56. The maximum atomic E-state index is 12.5. The molecule has 7 heteroatoms. The monoisotopic (exact) mass is 359 g/mol. The number of thiazole rings is 1. The largest absolute Gasteiger partial charge is 0.342 e. The molecule has 2 aromatic rings. The van der Waals surface area contributed by atoms with Crippen molar-refractivity contribution in [3.8, 4) is 0 Å². The van der Waals surface area contributed by atoms with Crippen molar-refractivity contribution in [2.24, 2.45) is 12.5 Å². The van der Waals surface area contributed by atoms with Gasteiger partial charge in [-0.1, -0.05) is 0 Å². The molecule has 1 saturated heterocycles. The van der Waals surface area contributed by atoms with Crippen LogP contribution in [0.15, 0.2) is 23.8 Å². The first-order valence-corrected chi connectivity index (χ1v) is 9.79. The molecule has 2 aromatic heterocycles. The van der Waals surface area contributed by atoms with Crippen molar-refractivity contribution in [1.29, 1.82) is 0 Å². The van der Waals surface area contributed by atoms with E-state index in [9.17, 15) is 4.79 Å². The van der Waals surface area contributed by atoms with Crippen LogP contribution in [-0.4, -0.2) is 56.7 Å². The van der Waals surface area contributed by atoms with E-state index in [0.29, 0.717) is 17.9 Å². The lowest BCUT2D eigenvalue weighted by atomic mass is 9.92. The van der Waals surface area contributed by atoms with Crippen molar-refractivity contribution in [2.75, 3.05) is 20.1 Å². The third-order valence-electron chi connectivity index (χ3n) is 5.76. The Labute approximate surface area is 152 Å². The van der Waals surface area contributed by atoms with Crippen molar-refractivity contribution >= 4 is 17.2 Å². The summed E-state index contributed by atoms with van der Waals surface area (Å²) in [5.74, 6) is 0.210. The number of hydrogen-bond acceptors (Lipinski definition) is 5. The van der Waals surface area contributed by atoms with E-state index in [2.05, 4.69) is 22.0 Å². The fourth-order valence-electron chi connectivity index (χ4n) is 4.17. The lowest BCUT2D eigenvalue weighted by Crippen LogP contribution is -2.42. The van der Waals surface area contributed by atoms with Crippen LogP contribution >= 0.6 is 11.3 Å². The first-order chi connectivity index (χ1) is 12.1. The second kappa shape index (κ2) is 6.53. The maximum absolute atomic E-state index is 12.5. The van der Waals surface area contributed by atoms with E-state index < -0.39 is 0 Å². The van der Waals surface area contributed by atoms with Crippen molar-refractivity contribution < 1.29 is 4.79 Å². The Hall–Kier alpha value is -1.73. The Morgan fingerprint density at radius 2 is 2.24 bits per heavy atom. The molecule has 0 bridgehead atoms. The molecule has 0 N–H and O–H groups in total. The number of hydrogen-bond donors (Lipinski definition) is 0. The van der Waals surface area contributed by atoms with E-state index in [-0.39, 0.29) is 5.91 Å². The van der Waals surface area contributed by atoms with Gasteiger partial charge in [0.2, 0.25) is 5.91 Å². The Balaban J connectivity index is 1.28. The smallest absolute Gasteiger partial charge is 0.228 e. The number of aromatic nitrogens is 3. The minimum atomic E-state index is 0.210. The topological polar surface area (TPSA) is 54.3 Å². The lowest BCUT2D eigenvalue weighted by molar-refractivity contribution is -0.132. The predicted molar refractivity (Wildman–Crippen MR) is 97.1 cm³/mol. The molecule has 0 radical (unpaired) electrons. The standard InChI is InChI=1S/C18H25N5OS/c1-21(13-16-19-6-10-25-16)15-12-18(15)4-8-23(9-5-18)17(24)11-14-3-7-22(2)20-14/h3,6-7,10,15H,4-5,8-9,11-13H2,1-2H3. The molecule has 25 heavy (non-hydrogen) atoms. The van der Waals surface area contributed by atoms with Gasteiger partial charge in [0.15, 0.2) is 0 Å². The number of piperidine rings is 1. The highest BCUT2D eigenvalue weighted by atomic mass is 32.1. The van der Waals surface area contributed by atoms with Gasteiger partial charge in [-0.2, -0.15) is 5.10 Å². The van der Waals surface area contributed by atoms with Gasteiger partial charge >= 0.3 is 0 Å². The molecule has 0 aromatic carbocycles. The van der Waals surface area contributed by atoms with Crippen LogP contribution in [0.2, 0.25) is 0 Å². The minimum absolute atomic E-state index is 0.210. The van der Waals surface area contributed by atoms with E-state index in [1.54, 1.807) is 16.0 Å². The van der Waals surface area contributed by atoms with Crippen LogP contribution in [0, 0.1) is 5.41 Å². The van der Waals surface area contributed by atoms with E-state index >= 15 is 0 Å². The normalized spacial score (nSPS) is 21.9. The molecular formula is C18H25N5OS. The number of carbonyl (C=O) groups is 1. The van der Waals surface area contributed by atoms with Crippen LogP contribution in [0.3, 0.4) is 0 Å². The van der Waals surface area contributed by atoms with E-state index in [0.717, 1.165) is 38.2 Å². The lowest BCUT2D eigenvalue weighted by Gasteiger charge is -2.34. The van der Waals surface area contributed by atoms with Crippen LogP contribution in [0.25, 0.3) is 0 Å². The van der Waals surface area contributed by atoms with E-state index in [1.807, 2.05) is 35.8 Å². The summed E-state index contributed by atoms with van der Waals surface area (Å²) in [6.45, 7) is 2.70. The van der Waals surface area contributed by atoms with Gasteiger partial charge in [-0.25, -0.2) is 4.98 Å². The Morgan fingerprint density at radius 1 is 1.44 bits per heavy atom. The number of rotatable bonds is 5. The van der Waals surface area contributed by atoms with Crippen molar-refractivity contribution in [3.63, 3.8) is 0 Å². The highest BCUT2D eigenvalue weighted by molar-refractivity contribution is 7.09. The van der Waals surface area contributed by atoms with Crippen molar-refractivity contribution in [1.82, 2.24) is 24.6 Å². The summed E-state index contributed by atoms with van der Waals surface area (Å²) in [5.41, 5.74) is 1.29. The molecule has 1 atom stereocenters. The Bertz CT molecular complexity index is 732. The predicted octanol–water partition coefficient (Wildman–Crippen LogP) is 1.93. The molecule has 1 amide bonds. The number of carbonyl (C=O) groups excluding carboxylic acids is 1. The third-order valence-corrected chi connectivity index (χ3v) is 6.52. The van der Waals surface area contributed by atoms with Gasteiger partial charge in [-0.3, -0.25) is 14.4 Å². The SMILES string of the molecule is CN(Cc1nccs1)C1CC12CCN(C(=O)Cc1ccn(C)n1)CC2. The van der Waals surface area contributed by atoms with E-state index in [4.69, 9.17) is 0 Å². The van der Waals surface area contributed by atoms with Gasteiger partial charge in [0.1, 0.15) is 5.01 Å². The minimum Gasteiger partial charge on any atom is -0.342 e. The summed E-state index contributed by atoms with van der Waals surface area (Å²) < 4.78 is 1.75. The summed E-state index contributed by atoms with van der Waals surface area (Å²) in [6.07, 6.45) is 7.68. The Morgan fingerprint density at radius 3 is 2.88 bits per heavy atom. The van der Waals surface area contributed by atoms with Gasteiger partial charge in [-0.05, 0) is 37.8 Å². The quantitative estimate of drug-likeness (QED) is 0.819. The number of amides is 1. The molecule has 134 valence electrons. The van der Waals surface area contributed by atoms with Gasteiger partial charge in [0.05, 0.1) is 18.7 Å². The molecule has 1 aliphatic carbocycles. The number of aryl methyl sites for hydroxylation is 1. The zero-order chi connectivity index (χ0) is 17.4. The average molecular weight is 359 g/mol. The zero-order valence-electron chi connectivity index (χ0n) is 14.9. The van der Waals surface area contributed by atoms with Gasteiger partial charge in [0.25, 0.3) is 0 Å². The second-order valence-electron chi connectivity index (χ2n) is 7.46. The molecule has 1 spiro atoms. The second-order valence-corrected chi connectivity index (χ2v) is 8.44. The van der Waals surface area contributed by atoms with Crippen LogP contribution in [-0.2, 0) is 24.8 Å². The average Bonchev–Trinajstić information content (AvgIpc) is 2.92. The van der Waals surface area contributed by atoms with Crippen LogP contribution < -0.4 is 0 Å². The summed E-state index contributed by atoms with van der Waals surface area (Å²) >= 11 is 1.73. The van der Waals surface area contributed by atoms with Crippen molar-refractivity contribution in [3.05, 3.63) is 34.5 Å². The van der Waals surface area contributed by atoms with Gasteiger partial charge in [0, 0.05) is 44.0 Å². The summed E-state index contributed by atoms with van der Waals surface area (Å²) in [5, 5.41) is 7.54. The fraction of sp³-hybridized carbons (Fsp3) is 0.611. The fourth-order valence-corrected chi connectivity index (χ4v) is 4.85. The number of nitrogens with zero attached hydrogens (tertiary/aromatic N) is 5.